The fraction of sp³-hybridized carbons (Fsp3) is 0.118. The SMILES string of the molecule is O=C(Cc1csc(NC(=O)c2cnccn2)n1)Nc1ccccc1C(F)(F)F. The summed E-state index contributed by atoms with van der Waals surface area (Å²) in [5.41, 5.74) is -0.854. The summed E-state index contributed by atoms with van der Waals surface area (Å²) in [6.07, 6.45) is -0.749. The Morgan fingerprint density at radius 1 is 1.11 bits per heavy atom. The van der Waals surface area contributed by atoms with Crippen LogP contribution in [0, 0.1) is 0 Å². The molecule has 0 radical (unpaired) electrons. The first-order chi connectivity index (χ1) is 13.3. The van der Waals surface area contributed by atoms with Crippen LogP contribution in [0.4, 0.5) is 24.0 Å². The number of hydrogen-bond donors (Lipinski definition) is 2. The van der Waals surface area contributed by atoms with Crippen molar-refractivity contribution >= 4 is 34.0 Å². The van der Waals surface area contributed by atoms with E-state index in [0.29, 0.717) is 5.69 Å². The van der Waals surface area contributed by atoms with Crippen LogP contribution in [-0.2, 0) is 17.4 Å². The van der Waals surface area contributed by atoms with Gasteiger partial charge in [0.1, 0.15) is 5.69 Å². The molecule has 2 aromatic heterocycles. The first kappa shape index (κ1) is 19.4. The van der Waals surface area contributed by atoms with Crippen LogP contribution in [0.5, 0.6) is 0 Å². The minimum Gasteiger partial charge on any atom is -0.325 e. The Labute approximate surface area is 160 Å². The summed E-state index contributed by atoms with van der Waals surface area (Å²) in [5.74, 6) is -1.17. The Bertz CT molecular complexity index is 992. The van der Waals surface area contributed by atoms with Gasteiger partial charge in [0.25, 0.3) is 5.91 Å². The monoisotopic (exact) mass is 407 g/mol. The van der Waals surface area contributed by atoms with Crippen molar-refractivity contribution in [3.8, 4) is 0 Å². The van der Waals surface area contributed by atoms with Crippen LogP contribution in [0.1, 0.15) is 21.7 Å². The zero-order valence-corrected chi connectivity index (χ0v) is 14.8. The highest BCUT2D eigenvalue weighted by Gasteiger charge is 2.33. The standard InChI is InChI=1S/C17H12F3N5O2S/c18-17(19,20)11-3-1-2-4-12(11)24-14(26)7-10-9-28-16(23-10)25-15(27)13-8-21-5-6-22-13/h1-6,8-9H,7H2,(H,24,26)(H,23,25,27). The summed E-state index contributed by atoms with van der Waals surface area (Å²) in [6.45, 7) is 0. The van der Waals surface area contributed by atoms with E-state index in [1.807, 2.05) is 0 Å². The van der Waals surface area contributed by atoms with Gasteiger partial charge in [0.05, 0.1) is 29.6 Å². The van der Waals surface area contributed by atoms with E-state index in [1.54, 1.807) is 0 Å². The number of nitrogens with zero attached hydrogens (tertiary/aromatic N) is 3. The Hall–Kier alpha value is -3.34. The molecule has 0 saturated carbocycles. The van der Waals surface area contributed by atoms with Gasteiger partial charge < -0.3 is 5.32 Å². The molecule has 0 spiro atoms. The fourth-order valence-electron chi connectivity index (χ4n) is 2.22. The smallest absolute Gasteiger partial charge is 0.325 e. The highest BCUT2D eigenvalue weighted by molar-refractivity contribution is 7.14. The normalized spacial score (nSPS) is 11.1. The lowest BCUT2D eigenvalue weighted by atomic mass is 10.1. The zero-order chi connectivity index (χ0) is 20.1. The van der Waals surface area contributed by atoms with Crippen LogP contribution >= 0.6 is 11.3 Å². The Morgan fingerprint density at radius 2 is 1.89 bits per heavy atom. The van der Waals surface area contributed by atoms with Crippen molar-refractivity contribution in [2.45, 2.75) is 12.6 Å². The maximum Gasteiger partial charge on any atom is 0.418 e. The number of nitrogens with one attached hydrogen (secondary N) is 2. The molecular formula is C17H12F3N5O2S. The van der Waals surface area contributed by atoms with Crippen molar-refractivity contribution < 1.29 is 22.8 Å². The number of hydrogen-bond acceptors (Lipinski definition) is 6. The van der Waals surface area contributed by atoms with Crippen LogP contribution in [-0.4, -0.2) is 26.8 Å². The fourth-order valence-corrected chi connectivity index (χ4v) is 2.93. The van der Waals surface area contributed by atoms with Gasteiger partial charge in [-0.3, -0.25) is 19.9 Å². The van der Waals surface area contributed by atoms with E-state index in [1.165, 1.54) is 42.2 Å². The van der Waals surface area contributed by atoms with E-state index in [2.05, 4.69) is 25.6 Å². The van der Waals surface area contributed by atoms with Gasteiger partial charge in [-0.25, -0.2) is 9.97 Å². The molecule has 0 saturated heterocycles. The van der Waals surface area contributed by atoms with Gasteiger partial charge in [0.15, 0.2) is 5.13 Å². The quantitative estimate of drug-likeness (QED) is 0.676. The molecule has 3 rings (SSSR count). The summed E-state index contributed by atoms with van der Waals surface area (Å²) in [6, 6.07) is 4.70. The number of para-hydroxylation sites is 1. The molecule has 7 nitrogen and oxygen atoms in total. The lowest BCUT2D eigenvalue weighted by Crippen LogP contribution is -2.18. The summed E-state index contributed by atoms with van der Waals surface area (Å²) in [7, 11) is 0. The van der Waals surface area contributed by atoms with Gasteiger partial charge in [-0.15, -0.1) is 11.3 Å². The molecule has 2 N–H and O–H groups in total. The number of carbonyl (C=O) groups excluding carboxylic acids is 2. The van der Waals surface area contributed by atoms with Gasteiger partial charge in [-0.1, -0.05) is 12.1 Å². The average molecular weight is 407 g/mol. The van der Waals surface area contributed by atoms with Crippen LogP contribution in [0.25, 0.3) is 0 Å². The highest BCUT2D eigenvalue weighted by Crippen LogP contribution is 2.34. The molecule has 1 aromatic carbocycles. The van der Waals surface area contributed by atoms with Crippen LogP contribution in [0.2, 0.25) is 0 Å². The molecule has 11 heteroatoms. The van der Waals surface area contributed by atoms with Gasteiger partial charge in [-0.2, -0.15) is 13.2 Å². The van der Waals surface area contributed by atoms with Crippen molar-refractivity contribution in [1.82, 2.24) is 15.0 Å². The van der Waals surface area contributed by atoms with Crippen molar-refractivity contribution in [2.24, 2.45) is 0 Å². The molecule has 0 bridgehead atoms. The summed E-state index contributed by atoms with van der Waals surface area (Å²) >= 11 is 1.08. The molecule has 0 aliphatic carbocycles. The Balaban J connectivity index is 1.63. The van der Waals surface area contributed by atoms with Gasteiger partial charge >= 0.3 is 6.18 Å². The van der Waals surface area contributed by atoms with Gasteiger partial charge in [-0.05, 0) is 12.1 Å². The number of alkyl halides is 3. The molecule has 0 aliphatic rings. The second-order valence-corrected chi connectivity index (χ2v) is 6.32. The third kappa shape index (κ3) is 4.88. The second-order valence-electron chi connectivity index (χ2n) is 5.46. The van der Waals surface area contributed by atoms with E-state index in [0.717, 1.165) is 17.4 Å². The Kier molecular flexibility index (Phi) is 5.64. The van der Waals surface area contributed by atoms with E-state index >= 15 is 0 Å². The molecule has 144 valence electrons. The van der Waals surface area contributed by atoms with E-state index in [-0.39, 0.29) is 22.9 Å². The van der Waals surface area contributed by atoms with Gasteiger partial charge in [0.2, 0.25) is 5.91 Å². The Morgan fingerprint density at radius 3 is 2.61 bits per heavy atom. The van der Waals surface area contributed by atoms with Gasteiger partial charge in [0, 0.05) is 17.8 Å². The largest absolute Gasteiger partial charge is 0.418 e. The average Bonchev–Trinajstić information content (AvgIpc) is 3.08. The second kappa shape index (κ2) is 8.13. The number of aromatic nitrogens is 3. The zero-order valence-electron chi connectivity index (χ0n) is 14.0. The highest BCUT2D eigenvalue weighted by atomic mass is 32.1. The summed E-state index contributed by atoms with van der Waals surface area (Å²) in [4.78, 5) is 35.8. The first-order valence-electron chi connectivity index (χ1n) is 7.81. The lowest BCUT2D eigenvalue weighted by Gasteiger charge is -2.13. The number of benzene rings is 1. The number of rotatable bonds is 5. The molecular weight excluding hydrogens is 395 g/mol. The molecule has 28 heavy (non-hydrogen) atoms. The number of amides is 2. The minimum absolute atomic E-state index is 0.0979. The molecule has 2 amide bonds. The number of carbonyl (C=O) groups is 2. The molecule has 0 fully saturated rings. The van der Waals surface area contributed by atoms with Crippen LogP contribution < -0.4 is 10.6 Å². The van der Waals surface area contributed by atoms with Crippen molar-refractivity contribution in [2.75, 3.05) is 10.6 Å². The third-order valence-corrected chi connectivity index (χ3v) is 4.22. The lowest BCUT2D eigenvalue weighted by molar-refractivity contribution is -0.137. The predicted octanol–water partition coefficient (Wildman–Crippen LogP) is 3.39. The molecule has 3 aromatic rings. The minimum atomic E-state index is -4.58. The number of thiazole rings is 1. The molecule has 0 aliphatic heterocycles. The topological polar surface area (TPSA) is 96.9 Å². The number of anilines is 2. The summed E-state index contributed by atoms with van der Waals surface area (Å²) < 4.78 is 38.9. The van der Waals surface area contributed by atoms with E-state index < -0.39 is 23.6 Å². The van der Waals surface area contributed by atoms with E-state index in [4.69, 9.17) is 0 Å². The summed E-state index contributed by atoms with van der Waals surface area (Å²) in [5, 5.41) is 6.52. The number of halogens is 3. The maximum atomic E-state index is 13.0. The first-order valence-corrected chi connectivity index (χ1v) is 8.69. The van der Waals surface area contributed by atoms with Crippen molar-refractivity contribution in [3.05, 3.63) is 65.2 Å². The van der Waals surface area contributed by atoms with Crippen LogP contribution in [0.15, 0.2) is 48.2 Å². The molecule has 2 heterocycles. The van der Waals surface area contributed by atoms with Crippen molar-refractivity contribution in [1.29, 1.82) is 0 Å². The maximum absolute atomic E-state index is 13.0. The third-order valence-electron chi connectivity index (χ3n) is 3.42. The predicted molar refractivity (Wildman–Crippen MR) is 95.9 cm³/mol. The molecule has 0 unspecified atom stereocenters. The molecule has 0 atom stereocenters. The van der Waals surface area contributed by atoms with Crippen LogP contribution in [0.3, 0.4) is 0 Å². The van der Waals surface area contributed by atoms with Crippen molar-refractivity contribution in [3.63, 3.8) is 0 Å². The van der Waals surface area contributed by atoms with E-state index in [9.17, 15) is 22.8 Å².